The van der Waals surface area contributed by atoms with Crippen molar-refractivity contribution < 1.29 is 14.6 Å². The van der Waals surface area contributed by atoms with Gasteiger partial charge in [0.1, 0.15) is 0 Å². The number of halogens is 1. The van der Waals surface area contributed by atoms with Crippen molar-refractivity contribution in [2.24, 2.45) is 4.99 Å². The Kier molecular flexibility index (Phi) is 4.31. The summed E-state index contributed by atoms with van der Waals surface area (Å²) in [5.41, 5.74) is 0.369. The molecule has 1 rings (SSSR count). The van der Waals surface area contributed by atoms with E-state index in [9.17, 15) is 4.79 Å². The monoisotopic (exact) mass is 241 g/mol. The van der Waals surface area contributed by atoms with Gasteiger partial charge in [-0.1, -0.05) is 11.6 Å². The summed E-state index contributed by atoms with van der Waals surface area (Å²) < 4.78 is 5.09. The van der Waals surface area contributed by atoms with Crippen molar-refractivity contribution in [2.45, 2.75) is 20.0 Å². The quantitative estimate of drug-likeness (QED) is 0.651. The fourth-order valence-electron chi connectivity index (χ4n) is 1.00. The summed E-state index contributed by atoms with van der Waals surface area (Å²) >= 11 is 5.76. The predicted octanol–water partition coefficient (Wildman–Crippen LogP) is 3.12. The molecule has 4 nitrogen and oxygen atoms in total. The number of ether oxygens (including phenoxy) is 1. The molecule has 86 valence electrons. The number of aromatic carboxylic acids is 1. The Morgan fingerprint density at radius 1 is 1.56 bits per heavy atom. The van der Waals surface area contributed by atoms with Gasteiger partial charge in [-0.05, 0) is 32.0 Å². The van der Waals surface area contributed by atoms with Gasteiger partial charge in [0.05, 0.1) is 17.4 Å². The van der Waals surface area contributed by atoms with Crippen molar-refractivity contribution in [1.29, 1.82) is 0 Å². The molecule has 0 atom stereocenters. The summed E-state index contributed by atoms with van der Waals surface area (Å²) in [7, 11) is 0. The van der Waals surface area contributed by atoms with E-state index >= 15 is 0 Å². The number of nitrogens with zero attached hydrogens (tertiary/aromatic N) is 1. The van der Waals surface area contributed by atoms with Crippen molar-refractivity contribution in [3.05, 3.63) is 28.8 Å². The highest BCUT2D eigenvalue weighted by Crippen LogP contribution is 2.23. The average molecular weight is 242 g/mol. The molecule has 1 aromatic carbocycles. The number of carboxylic acids is 1. The number of carbonyl (C=O) groups is 1. The van der Waals surface area contributed by atoms with Gasteiger partial charge in [0.25, 0.3) is 0 Å². The maximum atomic E-state index is 10.9. The summed E-state index contributed by atoms with van der Waals surface area (Å²) in [6.45, 7) is 3.70. The minimum absolute atomic E-state index is 0.00351. The third-order valence-corrected chi connectivity index (χ3v) is 1.95. The second kappa shape index (κ2) is 5.51. The zero-order chi connectivity index (χ0) is 12.1. The molecule has 5 heteroatoms. The zero-order valence-electron chi connectivity index (χ0n) is 8.98. The van der Waals surface area contributed by atoms with E-state index in [4.69, 9.17) is 21.4 Å². The Bertz CT molecular complexity index is 416. The molecule has 0 amide bonds. The average Bonchev–Trinajstić information content (AvgIpc) is 2.16. The fraction of sp³-hybridized carbons (Fsp3) is 0.273. The highest BCUT2D eigenvalue weighted by Gasteiger charge is 2.09. The van der Waals surface area contributed by atoms with Crippen LogP contribution < -0.4 is 0 Å². The van der Waals surface area contributed by atoms with Crippen LogP contribution in [0.25, 0.3) is 0 Å². The molecule has 0 spiro atoms. The van der Waals surface area contributed by atoms with Gasteiger partial charge in [-0.15, -0.1) is 0 Å². The van der Waals surface area contributed by atoms with Crippen LogP contribution in [-0.2, 0) is 4.74 Å². The van der Waals surface area contributed by atoms with Crippen LogP contribution in [0.4, 0.5) is 5.69 Å². The lowest BCUT2D eigenvalue weighted by molar-refractivity contribution is 0.0698. The Balaban J connectivity index is 2.96. The van der Waals surface area contributed by atoms with Gasteiger partial charge < -0.3 is 9.84 Å². The standard InChI is InChI=1S/C11H12ClNO3/c1-7(2)16-6-13-10-5-8(12)3-4-9(10)11(14)15/h3-7H,1-2H3,(H,14,15). The van der Waals surface area contributed by atoms with E-state index in [1.807, 2.05) is 13.8 Å². The third-order valence-electron chi connectivity index (χ3n) is 1.72. The smallest absolute Gasteiger partial charge is 0.337 e. The van der Waals surface area contributed by atoms with E-state index in [-0.39, 0.29) is 17.4 Å². The van der Waals surface area contributed by atoms with Crippen LogP contribution in [-0.4, -0.2) is 23.6 Å². The van der Waals surface area contributed by atoms with E-state index in [0.29, 0.717) is 5.02 Å². The first-order valence-electron chi connectivity index (χ1n) is 4.71. The van der Waals surface area contributed by atoms with Gasteiger partial charge in [0.2, 0.25) is 0 Å². The minimum atomic E-state index is -1.05. The molecule has 0 aliphatic carbocycles. The molecular weight excluding hydrogens is 230 g/mol. The molecule has 0 fully saturated rings. The van der Waals surface area contributed by atoms with E-state index < -0.39 is 5.97 Å². The molecule has 0 unspecified atom stereocenters. The van der Waals surface area contributed by atoms with Gasteiger partial charge in [-0.25, -0.2) is 9.79 Å². The van der Waals surface area contributed by atoms with E-state index in [0.717, 1.165) is 0 Å². The second-order valence-corrected chi connectivity index (χ2v) is 3.82. The molecule has 0 aliphatic rings. The number of rotatable bonds is 4. The lowest BCUT2D eigenvalue weighted by atomic mass is 10.2. The molecule has 16 heavy (non-hydrogen) atoms. The highest BCUT2D eigenvalue weighted by atomic mass is 35.5. The van der Waals surface area contributed by atoms with Crippen molar-refractivity contribution in [3.63, 3.8) is 0 Å². The molecule has 0 aliphatic heterocycles. The van der Waals surface area contributed by atoms with Crippen LogP contribution in [0.1, 0.15) is 24.2 Å². The molecule has 0 saturated carbocycles. The first-order chi connectivity index (χ1) is 7.50. The van der Waals surface area contributed by atoms with E-state index in [2.05, 4.69) is 4.99 Å². The predicted molar refractivity (Wildman–Crippen MR) is 62.8 cm³/mol. The topological polar surface area (TPSA) is 58.9 Å². The molecule has 1 aromatic rings. The number of benzene rings is 1. The van der Waals surface area contributed by atoms with Crippen LogP contribution in [0.5, 0.6) is 0 Å². The summed E-state index contributed by atoms with van der Waals surface area (Å²) in [5.74, 6) is -1.05. The van der Waals surface area contributed by atoms with Crippen molar-refractivity contribution in [1.82, 2.24) is 0 Å². The molecule has 0 radical (unpaired) electrons. The Morgan fingerprint density at radius 3 is 2.81 bits per heavy atom. The van der Waals surface area contributed by atoms with Gasteiger partial charge in [-0.2, -0.15) is 0 Å². The number of hydrogen-bond donors (Lipinski definition) is 1. The lowest BCUT2D eigenvalue weighted by Gasteiger charge is -2.04. The molecule has 1 N–H and O–H groups in total. The first-order valence-corrected chi connectivity index (χ1v) is 5.09. The maximum Gasteiger partial charge on any atom is 0.337 e. The van der Waals surface area contributed by atoms with Crippen LogP contribution in [0, 0.1) is 0 Å². The van der Waals surface area contributed by atoms with Gasteiger partial charge in [0, 0.05) is 5.02 Å². The van der Waals surface area contributed by atoms with Gasteiger partial charge in [-0.3, -0.25) is 0 Å². The van der Waals surface area contributed by atoms with E-state index in [1.165, 1.54) is 24.6 Å². The SMILES string of the molecule is CC(C)OC=Nc1cc(Cl)ccc1C(=O)O. The summed E-state index contributed by atoms with van der Waals surface area (Å²) in [5, 5.41) is 9.34. The van der Waals surface area contributed by atoms with Crippen molar-refractivity contribution in [2.75, 3.05) is 0 Å². The van der Waals surface area contributed by atoms with Crippen LogP contribution in [0.3, 0.4) is 0 Å². The molecular formula is C11H12ClNO3. The van der Waals surface area contributed by atoms with Crippen LogP contribution in [0.15, 0.2) is 23.2 Å². The Labute approximate surface area is 98.5 Å². The van der Waals surface area contributed by atoms with Crippen LogP contribution in [0.2, 0.25) is 5.02 Å². The largest absolute Gasteiger partial charge is 0.481 e. The Hall–Kier alpha value is -1.55. The van der Waals surface area contributed by atoms with Gasteiger partial charge >= 0.3 is 5.97 Å². The Morgan fingerprint density at radius 2 is 2.25 bits per heavy atom. The van der Waals surface area contributed by atoms with Crippen molar-refractivity contribution >= 4 is 29.7 Å². The summed E-state index contributed by atoms with van der Waals surface area (Å²) in [4.78, 5) is 14.8. The maximum absolute atomic E-state index is 10.9. The van der Waals surface area contributed by atoms with Crippen LogP contribution >= 0.6 is 11.6 Å². The molecule has 0 bridgehead atoms. The number of aliphatic imine (C=N–C) groups is 1. The highest BCUT2D eigenvalue weighted by molar-refractivity contribution is 6.31. The lowest BCUT2D eigenvalue weighted by Crippen LogP contribution is -2.00. The normalized spacial score (nSPS) is 11.0. The van der Waals surface area contributed by atoms with Gasteiger partial charge in [0.15, 0.2) is 6.40 Å². The zero-order valence-corrected chi connectivity index (χ0v) is 9.73. The molecule has 0 saturated heterocycles. The number of carboxylic acid groups (broad SMARTS) is 1. The minimum Gasteiger partial charge on any atom is -0.481 e. The third kappa shape index (κ3) is 3.55. The molecule has 0 heterocycles. The molecule has 0 aromatic heterocycles. The first kappa shape index (κ1) is 12.5. The summed E-state index contributed by atoms with van der Waals surface area (Å²) in [6, 6.07) is 4.39. The van der Waals surface area contributed by atoms with Crippen molar-refractivity contribution in [3.8, 4) is 0 Å². The second-order valence-electron chi connectivity index (χ2n) is 3.39. The van der Waals surface area contributed by atoms with E-state index in [1.54, 1.807) is 0 Å². The summed E-state index contributed by atoms with van der Waals surface area (Å²) in [6.07, 6.45) is 1.22. The number of hydrogen-bond acceptors (Lipinski definition) is 3. The fourth-order valence-corrected chi connectivity index (χ4v) is 1.17.